The summed E-state index contributed by atoms with van der Waals surface area (Å²) in [7, 11) is 0. The molecule has 0 amide bonds. The third-order valence-corrected chi connectivity index (χ3v) is 2.80. The largest absolute Gasteiger partial charge is 0.389 e. The molecule has 96 valence electrons. The van der Waals surface area contributed by atoms with Gasteiger partial charge in [0, 0.05) is 25.3 Å². The second-order valence-corrected chi connectivity index (χ2v) is 5.15. The van der Waals surface area contributed by atoms with E-state index in [2.05, 4.69) is 36.9 Å². The smallest absolute Gasteiger partial charge is 0.0765 e. The highest BCUT2D eigenvalue weighted by Gasteiger charge is 2.18. The number of rotatable bonds is 5. The van der Waals surface area contributed by atoms with Gasteiger partial charge in [-0.1, -0.05) is 12.1 Å². The normalized spacial score (nSPS) is 11.6. The van der Waals surface area contributed by atoms with Gasteiger partial charge >= 0.3 is 0 Å². The molecule has 0 saturated carbocycles. The SMILES string of the molecule is CCN(CC(C)(C)O)c1ccc(CN)cc1C. The van der Waals surface area contributed by atoms with Crippen molar-refractivity contribution in [1.29, 1.82) is 0 Å². The summed E-state index contributed by atoms with van der Waals surface area (Å²) in [6, 6.07) is 6.25. The standard InChI is InChI=1S/C14H24N2O/c1-5-16(10-14(3,4)17)13-7-6-12(9-15)8-11(13)2/h6-8,17H,5,9-10,15H2,1-4H3. The van der Waals surface area contributed by atoms with Crippen LogP contribution in [0.2, 0.25) is 0 Å². The van der Waals surface area contributed by atoms with Crippen LogP contribution in [-0.2, 0) is 6.54 Å². The Hall–Kier alpha value is -1.06. The minimum absolute atomic E-state index is 0.568. The number of hydrogen-bond acceptors (Lipinski definition) is 3. The lowest BCUT2D eigenvalue weighted by atomic mass is 10.1. The molecule has 0 heterocycles. The third-order valence-electron chi connectivity index (χ3n) is 2.80. The second-order valence-electron chi connectivity index (χ2n) is 5.15. The van der Waals surface area contributed by atoms with Crippen molar-refractivity contribution in [2.24, 2.45) is 5.73 Å². The Labute approximate surface area is 104 Å². The Bertz CT molecular complexity index is 369. The van der Waals surface area contributed by atoms with Crippen LogP contribution < -0.4 is 10.6 Å². The number of likely N-dealkylation sites (N-methyl/N-ethyl adjacent to an activating group) is 1. The monoisotopic (exact) mass is 236 g/mol. The van der Waals surface area contributed by atoms with Gasteiger partial charge in [-0.15, -0.1) is 0 Å². The van der Waals surface area contributed by atoms with Crippen molar-refractivity contribution in [2.75, 3.05) is 18.0 Å². The summed E-state index contributed by atoms with van der Waals surface area (Å²) in [4.78, 5) is 2.19. The molecule has 0 fully saturated rings. The summed E-state index contributed by atoms with van der Waals surface area (Å²) in [5, 5.41) is 9.91. The van der Waals surface area contributed by atoms with E-state index in [1.54, 1.807) is 0 Å². The fraction of sp³-hybridized carbons (Fsp3) is 0.571. The van der Waals surface area contributed by atoms with Crippen molar-refractivity contribution < 1.29 is 5.11 Å². The lowest BCUT2D eigenvalue weighted by molar-refractivity contribution is 0.0876. The van der Waals surface area contributed by atoms with Crippen LogP contribution in [0.4, 0.5) is 5.69 Å². The Morgan fingerprint density at radius 1 is 1.35 bits per heavy atom. The Morgan fingerprint density at radius 3 is 2.41 bits per heavy atom. The molecule has 0 radical (unpaired) electrons. The molecular weight excluding hydrogens is 212 g/mol. The zero-order valence-electron chi connectivity index (χ0n) is 11.3. The molecule has 3 heteroatoms. The van der Waals surface area contributed by atoms with Gasteiger partial charge in [-0.25, -0.2) is 0 Å². The van der Waals surface area contributed by atoms with Crippen molar-refractivity contribution >= 4 is 5.69 Å². The van der Waals surface area contributed by atoms with Gasteiger partial charge in [0.25, 0.3) is 0 Å². The van der Waals surface area contributed by atoms with Crippen molar-refractivity contribution in [1.82, 2.24) is 0 Å². The molecule has 1 rings (SSSR count). The van der Waals surface area contributed by atoms with Crippen LogP contribution in [-0.4, -0.2) is 23.8 Å². The summed E-state index contributed by atoms with van der Waals surface area (Å²) in [5.41, 5.74) is 8.46. The zero-order chi connectivity index (χ0) is 13.1. The summed E-state index contributed by atoms with van der Waals surface area (Å²) in [5.74, 6) is 0. The molecule has 0 aliphatic carbocycles. The maximum Gasteiger partial charge on any atom is 0.0765 e. The number of aliphatic hydroxyl groups is 1. The van der Waals surface area contributed by atoms with Crippen molar-refractivity contribution in [3.8, 4) is 0 Å². The molecule has 17 heavy (non-hydrogen) atoms. The Morgan fingerprint density at radius 2 is 2.00 bits per heavy atom. The van der Waals surface area contributed by atoms with E-state index >= 15 is 0 Å². The molecule has 0 aliphatic rings. The maximum atomic E-state index is 9.91. The summed E-state index contributed by atoms with van der Waals surface area (Å²) >= 11 is 0. The molecule has 1 aromatic carbocycles. The van der Waals surface area contributed by atoms with E-state index < -0.39 is 5.60 Å². The van der Waals surface area contributed by atoms with Crippen LogP contribution in [0.3, 0.4) is 0 Å². The summed E-state index contributed by atoms with van der Waals surface area (Å²) in [6.07, 6.45) is 0. The van der Waals surface area contributed by atoms with E-state index in [1.807, 2.05) is 13.8 Å². The second kappa shape index (κ2) is 5.52. The molecular formula is C14H24N2O. The zero-order valence-corrected chi connectivity index (χ0v) is 11.3. The molecule has 0 bridgehead atoms. The Kier molecular flexibility index (Phi) is 4.54. The van der Waals surface area contributed by atoms with Gasteiger partial charge in [0.05, 0.1) is 5.60 Å². The summed E-state index contributed by atoms with van der Waals surface area (Å²) in [6.45, 7) is 9.93. The first-order valence-corrected chi connectivity index (χ1v) is 6.14. The number of anilines is 1. The molecule has 0 aliphatic heterocycles. The van der Waals surface area contributed by atoms with E-state index in [1.165, 1.54) is 11.3 Å². The highest BCUT2D eigenvalue weighted by atomic mass is 16.3. The highest BCUT2D eigenvalue weighted by molar-refractivity contribution is 5.54. The van der Waals surface area contributed by atoms with Crippen LogP contribution in [0, 0.1) is 6.92 Å². The number of benzene rings is 1. The van der Waals surface area contributed by atoms with Crippen molar-refractivity contribution in [2.45, 2.75) is 39.8 Å². The van der Waals surface area contributed by atoms with E-state index in [9.17, 15) is 5.11 Å². The lowest BCUT2D eigenvalue weighted by Gasteiger charge is -2.31. The van der Waals surface area contributed by atoms with Gasteiger partial charge in [-0.05, 0) is 44.9 Å². The lowest BCUT2D eigenvalue weighted by Crippen LogP contribution is -2.38. The molecule has 0 atom stereocenters. The van der Waals surface area contributed by atoms with E-state index in [0.29, 0.717) is 13.1 Å². The van der Waals surface area contributed by atoms with Crippen LogP contribution in [0.1, 0.15) is 31.9 Å². The molecule has 3 nitrogen and oxygen atoms in total. The van der Waals surface area contributed by atoms with Gasteiger partial charge in [-0.3, -0.25) is 0 Å². The number of nitrogens with zero attached hydrogens (tertiary/aromatic N) is 1. The minimum atomic E-state index is -0.686. The first-order chi connectivity index (χ1) is 7.87. The van der Waals surface area contributed by atoms with Gasteiger partial charge < -0.3 is 15.7 Å². The minimum Gasteiger partial charge on any atom is -0.389 e. The van der Waals surface area contributed by atoms with E-state index in [0.717, 1.165) is 12.1 Å². The molecule has 0 spiro atoms. The van der Waals surface area contributed by atoms with Gasteiger partial charge in [0.2, 0.25) is 0 Å². The topological polar surface area (TPSA) is 49.5 Å². The summed E-state index contributed by atoms with van der Waals surface area (Å²) < 4.78 is 0. The van der Waals surface area contributed by atoms with Crippen LogP contribution in [0.15, 0.2) is 18.2 Å². The highest BCUT2D eigenvalue weighted by Crippen LogP contribution is 2.22. The van der Waals surface area contributed by atoms with Crippen LogP contribution in [0.25, 0.3) is 0 Å². The average Bonchev–Trinajstić information content (AvgIpc) is 2.24. The van der Waals surface area contributed by atoms with Gasteiger partial charge in [0.1, 0.15) is 0 Å². The molecule has 3 N–H and O–H groups in total. The molecule has 0 aromatic heterocycles. The van der Waals surface area contributed by atoms with E-state index in [-0.39, 0.29) is 0 Å². The van der Waals surface area contributed by atoms with Gasteiger partial charge in [-0.2, -0.15) is 0 Å². The van der Waals surface area contributed by atoms with Gasteiger partial charge in [0.15, 0.2) is 0 Å². The number of nitrogens with two attached hydrogens (primary N) is 1. The fourth-order valence-electron chi connectivity index (χ4n) is 2.03. The van der Waals surface area contributed by atoms with Crippen LogP contribution >= 0.6 is 0 Å². The first kappa shape index (κ1) is 14.0. The molecule has 0 saturated heterocycles. The van der Waals surface area contributed by atoms with Crippen molar-refractivity contribution in [3.63, 3.8) is 0 Å². The predicted octanol–water partition coefficient (Wildman–Crippen LogP) is 2.05. The first-order valence-electron chi connectivity index (χ1n) is 6.14. The predicted molar refractivity (Wildman–Crippen MR) is 73.3 cm³/mol. The molecule has 1 aromatic rings. The van der Waals surface area contributed by atoms with Crippen molar-refractivity contribution in [3.05, 3.63) is 29.3 Å². The number of aryl methyl sites for hydroxylation is 1. The van der Waals surface area contributed by atoms with Crippen LogP contribution in [0.5, 0.6) is 0 Å². The fourth-order valence-corrected chi connectivity index (χ4v) is 2.03. The molecule has 0 unspecified atom stereocenters. The number of hydrogen-bond donors (Lipinski definition) is 2. The maximum absolute atomic E-state index is 9.91. The average molecular weight is 236 g/mol. The van der Waals surface area contributed by atoms with E-state index in [4.69, 9.17) is 5.73 Å². The quantitative estimate of drug-likeness (QED) is 0.822. The Balaban J connectivity index is 2.96. The third kappa shape index (κ3) is 4.02.